The Kier molecular flexibility index (Phi) is 2.59. The summed E-state index contributed by atoms with van der Waals surface area (Å²) in [5.41, 5.74) is 0.476. The van der Waals surface area contributed by atoms with Crippen molar-refractivity contribution < 1.29 is 14.6 Å². The summed E-state index contributed by atoms with van der Waals surface area (Å²) in [4.78, 5) is 11.3. The number of aliphatic hydroxyl groups is 1. The van der Waals surface area contributed by atoms with Crippen LogP contribution in [-0.2, 0) is 9.53 Å². The molecule has 1 N–H and O–H groups in total. The molecule has 0 saturated heterocycles. The zero-order valence-corrected chi connectivity index (χ0v) is 8.40. The first kappa shape index (κ1) is 9.71. The molecule has 0 aromatic rings. The minimum Gasteiger partial charge on any atom is -0.455 e. The van der Waals surface area contributed by atoms with E-state index in [9.17, 15) is 9.90 Å². The van der Waals surface area contributed by atoms with E-state index in [4.69, 9.17) is 4.74 Å². The molecule has 1 saturated carbocycles. The topological polar surface area (TPSA) is 46.5 Å². The summed E-state index contributed by atoms with van der Waals surface area (Å²) in [6, 6.07) is 0. The molecule has 0 radical (unpaired) electrons. The average Bonchev–Trinajstić information content (AvgIpc) is 2.73. The van der Waals surface area contributed by atoms with E-state index in [1.54, 1.807) is 6.08 Å². The molecule has 1 heterocycles. The molecule has 1 fully saturated rings. The number of ether oxygens (including phenoxy) is 1. The van der Waals surface area contributed by atoms with Crippen LogP contribution in [0.2, 0.25) is 0 Å². The number of aliphatic hydroxyl groups excluding tert-OH is 1. The zero-order chi connectivity index (χ0) is 10.1. The Balaban J connectivity index is 2.06. The molecule has 14 heavy (non-hydrogen) atoms. The first-order valence-electron chi connectivity index (χ1n) is 5.29. The van der Waals surface area contributed by atoms with E-state index in [0.29, 0.717) is 5.57 Å². The minimum atomic E-state index is -0.602. The maximum absolute atomic E-state index is 11.3. The molecule has 2 atom stereocenters. The van der Waals surface area contributed by atoms with Crippen LogP contribution in [0, 0.1) is 5.92 Å². The van der Waals surface area contributed by atoms with E-state index < -0.39 is 6.10 Å². The molecular formula is C11H16O3. The lowest BCUT2D eigenvalue weighted by Gasteiger charge is -2.16. The summed E-state index contributed by atoms with van der Waals surface area (Å²) in [6.45, 7) is 1.81. The van der Waals surface area contributed by atoms with Crippen molar-refractivity contribution >= 4 is 5.97 Å². The fraction of sp³-hybridized carbons (Fsp3) is 0.727. The molecule has 0 amide bonds. The van der Waals surface area contributed by atoms with Gasteiger partial charge in [-0.3, -0.25) is 0 Å². The number of hydrogen-bond acceptors (Lipinski definition) is 3. The van der Waals surface area contributed by atoms with Crippen LogP contribution < -0.4 is 0 Å². The second-order valence-corrected chi connectivity index (χ2v) is 4.22. The third-order valence-corrected chi connectivity index (χ3v) is 3.11. The summed E-state index contributed by atoms with van der Waals surface area (Å²) >= 11 is 0. The highest BCUT2D eigenvalue weighted by Gasteiger charge is 2.34. The van der Waals surface area contributed by atoms with E-state index in [-0.39, 0.29) is 18.0 Å². The quantitative estimate of drug-likeness (QED) is 0.679. The Morgan fingerprint density at radius 2 is 2.14 bits per heavy atom. The van der Waals surface area contributed by atoms with Crippen LogP contribution >= 0.6 is 0 Å². The van der Waals surface area contributed by atoms with Crippen LogP contribution in [0.4, 0.5) is 0 Å². The number of hydrogen-bond donors (Lipinski definition) is 1. The lowest BCUT2D eigenvalue weighted by Crippen LogP contribution is -2.23. The van der Waals surface area contributed by atoms with Crippen molar-refractivity contribution in [3.8, 4) is 0 Å². The van der Waals surface area contributed by atoms with Gasteiger partial charge in [0.05, 0.1) is 11.7 Å². The van der Waals surface area contributed by atoms with E-state index >= 15 is 0 Å². The second kappa shape index (κ2) is 3.73. The lowest BCUT2D eigenvalue weighted by molar-refractivity contribution is -0.140. The van der Waals surface area contributed by atoms with Gasteiger partial charge in [0.25, 0.3) is 0 Å². The SMILES string of the molecule is C[C@@H]1C=C([C@H](O)C2CCCC2)C(=O)O1. The highest BCUT2D eigenvalue weighted by atomic mass is 16.5. The molecule has 0 spiro atoms. The first-order valence-corrected chi connectivity index (χ1v) is 5.29. The fourth-order valence-corrected chi connectivity index (χ4v) is 2.34. The summed E-state index contributed by atoms with van der Waals surface area (Å²) in [5.74, 6) is -0.0731. The molecule has 0 unspecified atom stereocenters. The van der Waals surface area contributed by atoms with Gasteiger partial charge >= 0.3 is 5.97 Å². The maximum atomic E-state index is 11.3. The van der Waals surface area contributed by atoms with E-state index in [2.05, 4.69) is 0 Å². The largest absolute Gasteiger partial charge is 0.455 e. The summed E-state index contributed by atoms with van der Waals surface area (Å²) in [6.07, 6.45) is 5.36. The third kappa shape index (κ3) is 1.69. The highest BCUT2D eigenvalue weighted by Crippen LogP contribution is 2.32. The maximum Gasteiger partial charge on any atom is 0.337 e. The van der Waals surface area contributed by atoms with Crippen LogP contribution in [-0.4, -0.2) is 23.3 Å². The van der Waals surface area contributed by atoms with Gasteiger partial charge in [-0.1, -0.05) is 12.8 Å². The lowest BCUT2D eigenvalue weighted by atomic mass is 9.94. The van der Waals surface area contributed by atoms with Gasteiger partial charge in [-0.25, -0.2) is 4.79 Å². The molecule has 3 heteroatoms. The highest BCUT2D eigenvalue weighted by molar-refractivity contribution is 5.92. The van der Waals surface area contributed by atoms with Crippen molar-refractivity contribution in [1.82, 2.24) is 0 Å². The Bertz CT molecular complexity index is 264. The number of cyclic esters (lactones) is 1. The summed E-state index contributed by atoms with van der Waals surface area (Å²) in [7, 11) is 0. The first-order chi connectivity index (χ1) is 6.68. The number of carbonyl (C=O) groups excluding carboxylic acids is 1. The van der Waals surface area contributed by atoms with Crippen LogP contribution in [0.5, 0.6) is 0 Å². The van der Waals surface area contributed by atoms with Crippen molar-refractivity contribution in [3.05, 3.63) is 11.6 Å². The standard InChI is InChI=1S/C11H16O3/c1-7-6-9(11(13)14-7)10(12)8-4-2-3-5-8/h6-8,10,12H,2-5H2,1H3/t7-,10-/m1/s1. The van der Waals surface area contributed by atoms with Gasteiger partial charge in [0.15, 0.2) is 0 Å². The fourth-order valence-electron chi connectivity index (χ4n) is 2.34. The molecule has 0 aromatic heterocycles. The van der Waals surface area contributed by atoms with Crippen molar-refractivity contribution in [1.29, 1.82) is 0 Å². The van der Waals surface area contributed by atoms with E-state index in [1.165, 1.54) is 12.8 Å². The number of esters is 1. The van der Waals surface area contributed by atoms with Crippen molar-refractivity contribution in [2.45, 2.75) is 44.8 Å². The van der Waals surface area contributed by atoms with Crippen molar-refractivity contribution in [2.75, 3.05) is 0 Å². The molecule has 2 rings (SSSR count). The summed E-state index contributed by atoms with van der Waals surface area (Å²) in [5, 5.41) is 9.97. The van der Waals surface area contributed by atoms with Gasteiger partial charge in [-0.15, -0.1) is 0 Å². The smallest absolute Gasteiger partial charge is 0.337 e. The van der Waals surface area contributed by atoms with Crippen molar-refractivity contribution in [3.63, 3.8) is 0 Å². The van der Waals surface area contributed by atoms with Gasteiger partial charge in [-0.2, -0.15) is 0 Å². The predicted octanol–water partition coefficient (Wildman–Crippen LogP) is 1.41. The summed E-state index contributed by atoms with van der Waals surface area (Å²) < 4.78 is 4.96. The third-order valence-electron chi connectivity index (χ3n) is 3.11. The Labute approximate surface area is 83.8 Å². The van der Waals surface area contributed by atoms with Crippen LogP contribution in [0.1, 0.15) is 32.6 Å². The molecule has 1 aliphatic carbocycles. The Hall–Kier alpha value is -0.830. The average molecular weight is 196 g/mol. The molecule has 1 aliphatic heterocycles. The van der Waals surface area contributed by atoms with Gasteiger partial charge in [-0.05, 0) is 31.8 Å². The molecule has 78 valence electrons. The minimum absolute atomic E-state index is 0.173. The Morgan fingerprint density at radius 3 is 2.64 bits per heavy atom. The monoisotopic (exact) mass is 196 g/mol. The number of carbonyl (C=O) groups is 1. The Morgan fingerprint density at radius 1 is 1.50 bits per heavy atom. The number of rotatable bonds is 2. The van der Waals surface area contributed by atoms with Crippen LogP contribution in [0.15, 0.2) is 11.6 Å². The molecular weight excluding hydrogens is 180 g/mol. The van der Waals surface area contributed by atoms with Crippen LogP contribution in [0.25, 0.3) is 0 Å². The van der Waals surface area contributed by atoms with E-state index in [0.717, 1.165) is 12.8 Å². The normalized spacial score (nSPS) is 30.3. The molecule has 0 bridgehead atoms. The second-order valence-electron chi connectivity index (χ2n) is 4.22. The van der Waals surface area contributed by atoms with E-state index in [1.807, 2.05) is 6.92 Å². The predicted molar refractivity (Wildman–Crippen MR) is 51.6 cm³/mol. The molecule has 2 aliphatic rings. The molecule has 3 nitrogen and oxygen atoms in total. The molecule has 0 aromatic carbocycles. The van der Waals surface area contributed by atoms with Gasteiger partial charge in [0.1, 0.15) is 6.10 Å². The van der Waals surface area contributed by atoms with Crippen LogP contribution in [0.3, 0.4) is 0 Å². The zero-order valence-electron chi connectivity index (χ0n) is 8.40. The van der Waals surface area contributed by atoms with Crippen molar-refractivity contribution in [2.24, 2.45) is 5.92 Å². The van der Waals surface area contributed by atoms with Gasteiger partial charge in [0, 0.05) is 0 Å². The van der Waals surface area contributed by atoms with Gasteiger partial charge in [0.2, 0.25) is 0 Å². The van der Waals surface area contributed by atoms with Gasteiger partial charge < -0.3 is 9.84 Å².